The second-order valence-electron chi connectivity index (χ2n) is 6.60. The van der Waals surface area contributed by atoms with Crippen molar-refractivity contribution in [3.8, 4) is 0 Å². The number of amides is 1. The third-order valence-electron chi connectivity index (χ3n) is 5.44. The van der Waals surface area contributed by atoms with Crippen LogP contribution in [0.3, 0.4) is 0 Å². The monoisotopic (exact) mass is 280 g/mol. The highest BCUT2D eigenvalue weighted by molar-refractivity contribution is 5.80. The number of piperidine rings is 1. The molecule has 4 atom stereocenters. The number of rotatable bonds is 4. The lowest BCUT2D eigenvalue weighted by atomic mass is 9.93. The first-order valence-electron chi connectivity index (χ1n) is 8.41. The van der Waals surface area contributed by atoms with E-state index >= 15 is 0 Å². The number of hydrogen-bond donors (Lipinski definition) is 1. The molecule has 4 unspecified atom stereocenters. The van der Waals surface area contributed by atoms with E-state index in [4.69, 9.17) is 4.74 Å². The van der Waals surface area contributed by atoms with Crippen LogP contribution in [0.25, 0.3) is 0 Å². The Hall–Kier alpha value is -0.610. The topological polar surface area (TPSA) is 41.6 Å². The van der Waals surface area contributed by atoms with Crippen LogP contribution in [0.2, 0.25) is 0 Å². The van der Waals surface area contributed by atoms with Crippen molar-refractivity contribution >= 4 is 5.91 Å². The molecular formula is C16H28N2O2. The minimum absolute atomic E-state index is 0.104. The molecule has 0 spiro atoms. The maximum atomic E-state index is 12.9. The Morgan fingerprint density at radius 2 is 1.90 bits per heavy atom. The summed E-state index contributed by atoms with van der Waals surface area (Å²) in [5, 5.41) is 3.66. The fourth-order valence-electron chi connectivity index (χ4n) is 4.42. The third kappa shape index (κ3) is 2.60. The van der Waals surface area contributed by atoms with Gasteiger partial charge in [-0.1, -0.05) is 6.92 Å². The highest BCUT2D eigenvalue weighted by atomic mass is 16.5. The van der Waals surface area contributed by atoms with E-state index in [1.807, 2.05) is 0 Å². The van der Waals surface area contributed by atoms with Crippen molar-refractivity contribution in [1.82, 2.24) is 10.2 Å². The van der Waals surface area contributed by atoms with E-state index in [9.17, 15) is 4.79 Å². The third-order valence-corrected chi connectivity index (χ3v) is 5.44. The number of nitrogens with one attached hydrogen (secondary N) is 1. The normalized spacial score (nSPS) is 40.0. The molecule has 3 fully saturated rings. The maximum Gasteiger partial charge on any atom is 0.228 e. The van der Waals surface area contributed by atoms with E-state index in [2.05, 4.69) is 24.1 Å². The first-order valence-corrected chi connectivity index (χ1v) is 8.41. The summed E-state index contributed by atoms with van der Waals surface area (Å²) in [6.07, 6.45) is 6.86. The van der Waals surface area contributed by atoms with Gasteiger partial charge in [-0.3, -0.25) is 4.79 Å². The van der Waals surface area contributed by atoms with Gasteiger partial charge in [0.2, 0.25) is 5.91 Å². The zero-order chi connectivity index (χ0) is 14.1. The minimum atomic E-state index is 0.104. The average molecular weight is 280 g/mol. The molecule has 1 amide bonds. The molecule has 4 heteroatoms. The van der Waals surface area contributed by atoms with E-state index in [-0.39, 0.29) is 12.0 Å². The quantitative estimate of drug-likeness (QED) is 0.855. The van der Waals surface area contributed by atoms with Crippen molar-refractivity contribution in [1.29, 1.82) is 0 Å². The van der Waals surface area contributed by atoms with Gasteiger partial charge in [0.15, 0.2) is 0 Å². The van der Waals surface area contributed by atoms with Crippen LogP contribution < -0.4 is 5.32 Å². The Balaban J connectivity index is 1.68. The summed E-state index contributed by atoms with van der Waals surface area (Å²) >= 11 is 0. The van der Waals surface area contributed by atoms with Crippen molar-refractivity contribution in [2.24, 2.45) is 5.92 Å². The molecule has 20 heavy (non-hydrogen) atoms. The fourth-order valence-corrected chi connectivity index (χ4v) is 4.42. The average Bonchev–Trinajstić information content (AvgIpc) is 3.06. The zero-order valence-corrected chi connectivity index (χ0v) is 12.8. The van der Waals surface area contributed by atoms with Gasteiger partial charge in [0.05, 0.1) is 12.0 Å². The van der Waals surface area contributed by atoms with Crippen LogP contribution in [0, 0.1) is 5.92 Å². The van der Waals surface area contributed by atoms with Crippen LogP contribution in [0.4, 0.5) is 0 Å². The highest BCUT2D eigenvalue weighted by Crippen LogP contribution is 2.32. The SMILES string of the molecule is CCC1OCCC1C(=O)N(CC)C1CC2CCC(C1)N2. The molecule has 0 aromatic carbocycles. The molecule has 2 bridgehead atoms. The van der Waals surface area contributed by atoms with Crippen LogP contribution in [0.1, 0.15) is 52.4 Å². The highest BCUT2D eigenvalue weighted by Gasteiger charge is 2.41. The van der Waals surface area contributed by atoms with Gasteiger partial charge in [0, 0.05) is 31.3 Å². The van der Waals surface area contributed by atoms with Crippen LogP contribution in [-0.4, -0.2) is 48.2 Å². The lowest BCUT2D eigenvalue weighted by Crippen LogP contribution is -2.52. The van der Waals surface area contributed by atoms with Crippen molar-refractivity contribution in [2.75, 3.05) is 13.2 Å². The molecule has 3 heterocycles. The van der Waals surface area contributed by atoms with Crippen LogP contribution in [0.15, 0.2) is 0 Å². The summed E-state index contributed by atoms with van der Waals surface area (Å²) in [5.41, 5.74) is 0. The summed E-state index contributed by atoms with van der Waals surface area (Å²) in [6.45, 7) is 5.84. The number of carbonyl (C=O) groups excluding carboxylic acids is 1. The van der Waals surface area contributed by atoms with Crippen molar-refractivity contribution in [3.05, 3.63) is 0 Å². The van der Waals surface area contributed by atoms with Crippen molar-refractivity contribution < 1.29 is 9.53 Å². The summed E-state index contributed by atoms with van der Waals surface area (Å²) in [4.78, 5) is 15.1. The second kappa shape index (κ2) is 6.02. The van der Waals surface area contributed by atoms with E-state index in [0.29, 0.717) is 24.0 Å². The van der Waals surface area contributed by atoms with E-state index in [1.165, 1.54) is 12.8 Å². The molecule has 0 aromatic rings. The largest absolute Gasteiger partial charge is 0.377 e. The Labute approximate surface area is 122 Å². The van der Waals surface area contributed by atoms with Gasteiger partial charge in [-0.05, 0) is 45.4 Å². The number of nitrogens with zero attached hydrogens (tertiary/aromatic N) is 1. The Kier molecular flexibility index (Phi) is 4.32. The number of carbonyl (C=O) groups is 1. The molecule has 3 saturated heterocycles. The Morgan fingerprint density at radius 3 is 2.50 bits per heavy atom. The molecule has 3 rings (SSSR count). The molecule has 1 N–H and O–H groups in total. The lowest BCUT2D eigenvalue weighted by Gasteiger charge is -2.39. The van der Waals surface area contributed by atoms with E-state index < -0.39 is 0 Å². The van der Waals surface area contributed by atoms with Crippen molar-refractivity contribution in [2.45, 2.75) is 76.6 Å². The van der Waals surface area contributed by atoms with E-state index in [1.54, 1.807) is 0 Å². The Bertz CT molecular complexity index is 348. The summed E-state index contributed by atoms with van der Waals surface area (Å²) < 4.78 is 5.71. The van der Waals surface area contributed by atoms with Crippen LogP contribution in [0.5, 0.6) is 0 Å². The first-order chi connectivity index (χ1) is 9.72. The molecule has 0 radical (unpaired) electrons. The van der Waals surface area contributed by atoms with Crippen LogP contribution >= 0.6 is 0 Å². The molecule has 3 aliphatic heterocycles. The summed E-state index contributed by atoms with van der Waals surface area (Å²) in [6, 6.07) is 1.73. The molecule has 114 valence electrons. The molecule has 4 nitrogen and oxygen atoms in total. The smallest absolute Gasteiger partial charge is 0.228 e. The molecule has 0 saturated carbocycles. The van der Waals surface area contributed by atoms with Crippen LogP contribution in [-0.2, 0) is 9.53 Å². The zero-order valence-electron chi connectivity index (χ0n) is 12.8. The van der Waals surface area contributed by atoms with Gasteiger partial charge in [-0.15, -0.1) is 0 Å². The summed E-state index contributed by atoms with van der Waals surface area (Å²) in [5.74, 6) is 0.454. The minimum Gasteiger partial charge on any atom is -0.377 e. The summed E-state index contributed by atoms with van der Waals surface area (Å²) in [7, 11) is 0. The molecule has 0 aromatic heterocycles. The predicted molar refractivity (Wildman–Crippen MR) is 78.5 cm³/mol. The van der Waals surface area contributed by atoms with Gasteiger partial charge in [-0.25, -0.2) is 0 Å². The molecule has 3 aliphatic rings. The maximum absolute atomic E-state index is 12.9. The Morgan fingerprint density at radius 1 is 1.20 bits per heavy atom. The lowest BCUT2D eigenvalue weighted by molar-refractivity contribution is -0.140. The fraction of sp³-hybridized carbons (Fsp3) is 0.938. The number of ether oxygens (including phenoxy) is 1. The molecule has 0 aliphatic carbocycles. The standard InChI is InChI=1S/C16H28N2O2/c1-3-15-14(7-8-20-15)16(19)18(4-2)13-9-11-5-6-12(10-13)17-11/h11-15,17H,3-10H2,1-2H3. The van der Waals surface area contributed by atoms with Gasteiger partial charge < -0.3 is 15.0 Å². The van der Waals surface area contributed by atoms with Gasteiger partial charge >= 0.3 is 0 Å². The number of fused-ring (bicyclic) bond motifs is 2. The van der Waals surface area contributed by atoms with Gasteiger partial charge in [-0.2, -0.15) is 0 Å². The van der Waals surface area contributed by atoms with Crippen molar-refractivity contribution in [3.63, 3.8) is 0 Å². The van der Waals surface area contributed by atoms with E-state index in [0.717, 1.165) is 38.8 Å². The second-order valence-corrected chi connectivity index (χ2v) is 6.60. The van der Waals surface area contributed by atoms with Gasteiger partial charge in [0.1, 0.15) is 0 Å². The predicted octanol–water partition coefficient (Wildman–Crippen LogP) is 1.93. The molecular weight excluding hydrogens is 252 g/mol. The van der Waals surface area contributed by atoms with Gasteiger partial charge in [0.25, 0.3) is 0 Å². The number of hydrogen-bond acceptors (Lipinski definition) is 3. The first kappa shape index (κ1) is 14.3.